The Labute approximate surface area is 216 Å². The molecule has 0 aromatic heterocycles. The van der Waals surface area contributed by atoms with Crippen LogP contribution in [0.15, 0.2) is 109 Å². The van der Waals surface area contributed by atoms with Crippen molar-refractivity contribution in [2.75, 3.05) is 13.2 Å². The van der Waals surface area contributed by atoms with Crippen molar-refractivity contribution in [2.24, 2.45) is 0 Å². The van der Waals surface area contributed by atoms with Gasteiger partial charge in [-0.1, -0.05) is 124 Å². The summed E-state index contributed by atoms with van der Waals surface area (Å²) in [5, 5.41) is 0. The van der Waals surface area contributed by atoms with Crippen LogP contribution in [0.4, 0.5) is 0 Å². The van der Waals surface area contributed by atoms with Gasteiger partial charge in [0.1, 0.15) is 11.5 Å². The third-order valence-electron chi connectivity index (χ3n) is 6.20. The highest BCUT2D eigenvalue weighted by Crippen LogP contribution is 2.42. The van der Waals surface area contributed by atoms with Gasteiger partial charge in [0.05, 0.1) is 13.2 Å². The van der Waals surface area contributed by atoms with Crippen LogP contribution in [0, 0.1) is 0 Å². The van der Waals surface area contributed by atoms with Gasteiger partial charge >= 0.3 is 0 Å². The van der Waals surface area contributed by atoms with Gasteiger partial charge in [0.2, 0.25) is 0 Å². The normalized spacial score (nSPS) is 11.6. The van der Waals surface area contributed by atoms with E-state index in [1.165, 1.54) is 0 Å². The zero-order valence-corrected chi connectivity index (χ0v) is 21.5. The van der Waals surface area contributed by atoms with Crippen LogP contribution in [0.1, 0.15) is 61.8 Å². The minimum absolute atomic E-state index is 0.701. The van der Waals surface area contributed by atoms with Crippen molar-refractivity contribution in [3.63, 3.8) is 0 Å². The smallest absolute Gasteiger partial charge is 0.127 e. The Balaban J connectivity index is 2.02. The predicted molar refractivity (Wildman–Crippen MR) is 152 cm³/mol. The van der Waals surface area contributed by atoms with Crippen LogP contribution in [0.5, 0.6) is 11.5 Å². The molecule has 0 aliphatic heterocycles. The Bertz CT molecular complexity index is 1140. The molecule has 0 aliphatic rings. The average Bonchev–Trinajstić information content (AvgIpc) is 2.94. The zero-order valence-electron chi connectivity index (χ0n) is 21.5. The first-order valence-corrected chi connectivity index (χ1v) is 13.1. The molecule has 0 spiro atoms. The standard InChI is InChI=1S/C34H36O2/c1-3-5-25-35-31-23-15-13-21-29(31)33(27-17-9-7-10-18-27)34(28-19-11-8-12-20-28)30-22-14-16-24-32(30)36-26-6-4-2/h7-24H,3-6,25-26H2,1-2H3. The molecule has 0 amide bonds. The van der Waals surface area contributed by atoms with Crippen molar-refractivity contribution in [3.8, 4) is 11.5 Å². The van der Waals surface area contributed by atoms with Crippen molar-refractivity contribution >= 4 is 11.1 Å². The van der Waals surface area contributed by atoms with Crippen LogP contribution >= 0.6 is 0 Å². The van der Waals surface area contributed by atoms with Crippen LogP contribution in [0.2, 0.25) is 0 Å². The lowest BCUT2D eigenvalue weighted by Gasteiger charge is -2.22. The van der Waals surface area contributed by atoms with E-state index in [4.69, 9.17) is 9.47 Å². The van der Waals surface area contributed by atoms with Crippen LogP contribution in [0.25, 0.3) is 11.1 Å². The van der Waals surface area contributed by atoms with Crippen molar-refractivity contribution in [1.82, 2.24) is 0 Å². The molecule has 0 saturated heterocycles. The Morgan fingerprint density at radius 3 is 1.22 bits per heavy atom. The first-order chi connectivity index (χ1) is 17.8. The van der Waals surface area contributed by atoms with Crippen molar-refractivity contribution in [3.05, 3.63) is 131 Å². The van der Waals surface area contributed by atoms with Gasteiger partial charge < -0.3 is 9.47 Å². The van der Waals surface area contributed by atoms with Gasteiger partial charge in [0.15, 0.2) is 0 Å². The topological polar surface area (TPSA) is 18.5 Å². The van der Waals surface area contributed by atoms with Gasteiger partial charge in [0, 0.05) is 22.3 Å². The highest BCUT2D eigenvalue weighted by Gasteiger charge is 2.21. The van der Waals surface area contributed by atoms with Crippen molar-refractivity contribution < 1.29 is 9.47 Å². The Morgan fingerprint density at radius 1 is 0.472 bits per heavy atom. The summed E-state index contributed by atoms with van der Waals surface area (Å²) in [6.45, 7) is 5.78. The molecule has 0 radical (unpaired) electrons. The van der Waals surface area contributed by atoms with Gasteiger partial charge in [-0.25, -0.2) is 0 Å². The van der Waals surface area contributed by atoms with Gasteiger partial charge in [-0.15, -0.1) is 0 Å². The van der Waals surface area contributed by atoms with E-state index in [9.17, 15) is 0 Å². The molecule has 4 aromatic rings. The lowest BCUT2D eigenvalue weighted by atomic mass is 9.85. The van der Waals surface area contributed by atoms with E-state index in [0.29, 0.717) is 13.2 Å². The molecule has 2 nitrogen and oxygen atoms in total. The van der Waals surface area contributed by atoms with E-state index < -0.39 is 0 Å². The Kier molecular flexibility index (Phi) is 9.39. The fourth-order valence-electron chi connectivity index (χ4n) is 4.33. The third-order valence-corrected chi connectivity index (χ3v) is 6.20. The summed E-state index contributed by atoms with van der Waals surface area (Å²) in [6, 6.07) is 38.1. The van der Waals surface area contributed by atoms with Gasteiger partial charge in [-0.2, -0.15) is 0 Å². The summed E-state index contributed by atoms with van der Waals surface area (Å²) in [5.74, 6) is 1.81. The van der Waals surface area contributed by atoms with Gasteiger partial charge in [0.25, 0.3) is 0 Å². The SMILES string of the molecule is CCCCOc1ccccc1C(=C(c1ccccc1)c1ccccc1OCCCC)c1ccccc1. The summed E-state index contributed by atoms with van der Waals surface area (Å²) in [5.41, 5.74) is 6.74. The molecule has 0 N–H and O–H groups in total. The average molecular weight is 477 g/mol. The number of hydrogen-bond donors (Lipinski definition) is 0. The fraction of sp³-hybridized carbons (Fsp3) is 0.235. The summed E-state index contributed by atoms with van der Waals surface area (Å²) in [4.78, 5) is 0. The third kappa shape index (κ3) is 6.26. The molecule has 36 heavy (non-hydrogen) atoms. The maximum Gasteiger partial charge on any atom is 0.127 e. The largest absolute Gasteiger partial charge is 0.493 e. The minimum Gasteiger partial charge on any atom is -0.493 e. The van der Waals surface area contributed by atoms with E-state index in [0.717, 1.165) is 70.6 Å². The zero-order chi connectivity index (χ0) is 25.0. The summed E-state index contributed by atoms with van der Waals surface area (Å²) >= 11 is 0. The molecule has 0 saturated carbocycles. The molecule has 0 fully saturated rings. The first-order valence-electron chi connectivity index (χ1n) is 13.1. The molecule has 0 heterocycles. The van der Waals surface area contributed by atoms with E-state index in [-0.39, 0.29) is 0 Å². The summed E-state index contributed by atoms with van der Waals surface area (Å²) in [7, 11) is 0. The monoisotopic (exact) mass is 476 g/mol. The number of para-hydroxylation sites is 2. The number of rotatable bonds is 12. The van der Waals surface area contributed by atoms with E-state index in [2.05, 4.69) is 123 Å². The summed E-state index contributed by atoms with van der Waals surface area (Å²) in [6.07, 6.45) is 4.25. The Morgan fingerprint density at radius 2 is 0.833 bits per heavy atom. The van der Waals surface area contributed by atoms with E-state index in [1.807, 2.05) is 0 Å². The van der Waals surface area contributed by atoms with Crippen molar-refractivity contribution in [1.29, 1.82) is 0 Å². The Hall–Kier alpha value is -3.78. The molecule has 0 aliphatic carbocycles. The molecule has 2 heteroatoms. The molecule has 0 atom stereocenters. The maximum absolute atomic E-state index is 6.35. The van der Waals surface area contributed by atoms with Crippen LogP contribution in [-0.2, 0) is 0 Å². The van der Waals surface area contributed by atoms with Gasteiger partial charge in [-0.3, -0.25) is 0 Å². The van der Waals surface area contributed by atoms with Crippen molar-refractivity contribution in [2.45, 2.75) is 39.5 Å². The predicted octanol–water partition coefficient (Wildman–Crippen LogP) is 9.05. The second-order valence-electron chi connectivity index (χ2n) is 8.88. The molecule has 4 aromatic carbocycles. The number of benzene rings is 4. The summed E-state index contributed by atoms with van der Waals surface area (Å²) < 4.78 is 12.7. The highest BCUT2D eigenvalue weighted by atomic mass is 16.5. The van der Waals surface area contributed by atoms with Crippen LogP contribution in [0.3, 0.4) is 0 Å². The highest BCUT2D eigenvalue weighted by molar-refractivity contribution is 6.06. The molecule has 184 valence electrons. The molecule has 4 rings (SSSR count). The number of ether oxygens (including phenoxy) is 2. The second-order valence-corrected chi connectivity index (χ2v) is 8.88. The molecular formula is C34H36O2. The first kappa shape index (κ1) is 25.3. The van der Waals surface area contributed by atoms with Crippen LogP contribution in [-0.4, -0.2) is 13.2 Å². The maximum atomic E-state index is 6.35. The lowest BCUT2D eigenvalue weighted by Crippen LogP contribution is -2.04. The number of hydrogen-bond acceptors (Lipinski definition) is 2. The molecule has 0 unspecified atom stereocenters. The number of unbranched alkanes of at least 4 members (excludes halogenated alkanes) is 2. The lowest BCUT2D eigenvalue weighted by molar-refractivity contribution is 0.308. The van der Waals surface area contributed by atoms with E-state index >= 15 is 0 Å². The van der Waals surface area contributed by atoms with Crippen LogP contribution < -0.4 is 9.47 Å². The van der Waals surface area contributed by atoms with E-state index in [1.54, 1.807) is 0 Å². The fourth-order valence-corrected chi connectivity index (χ4v) is 4.33. The molecular weight excluding hydrogens is 440 g/mol. The van der Waals surface area contributed by atoms with Gasteiger partial charge in [-0.05, 0) is 36.1 Å². The minimum atomic E-state index is 0.701. The quantitative estimate of drug-likeness (QED) is 0.150. The molecule has 0 bridgehead atoms. The second kappa shape index (κ2) is 13.3.